The van der Waals surface area contributed by atoms with Gasteiger partial charge in [-0.2, -0.15) is 0 Å². The molecule has 3 heteroatoms. The van der Waals surface area contributed by atoms with Crippen LogP contribution >= 0.6 is 0 Å². The van der Waals surface area contributed by atoms with Gasteiger partial charge in [0.05, 0.1) is 18.2 Å². The van der Waals surface area contributed by atoms with Crippen LogP contribution in [0.25, 0.3) is 11.3 Å². The van der Waals surface area contributed by atoms with Crippen molar-refractivity contribution in [1.29, 1.82) is 0 Å². The first-order chi connectivity index (χ1) is 7.89. The van der Waals surface area contributed by atoms with Crippen molar-refractivity contribution in [2.24, 2.45) is 7.05 Å². The molecule has 17 heavy (non-hydrogen) atoms. The number of phenolic OH excluding ortho intramolecular Hbond substituents is 1. The maximum Gasteiger partial charge on any atom is 0.119 e. The van der Waals surface area contributed by atoms with E-state index in [0.29, 0.717) is 5.75 Å². The highest BCUT2D eigenvalue weighted by Gasteiger charge is 2.19. The summed E-state index contributed by atoms with van der Waals surface area (Å²) in [5.74, 6) is 0.350. The lowest BCUT2D eigenvalue weighted by atomic mass is 9.85. The van der Waals surface area contributed by atoms with Crippen molar-refractivity contribution in [3.63, 3.8) is 0 Å². The number of aromatic nitrogens is 2. The highest BCUT2D eigenvalue weighted by molar-refractivity contribution is 5.62. The van der Waals surface area contributed by atoms with Crippen LogP contribution < -0.4 is 0 Å². The highest BCUT2D eigenvalue weighted by atomic mass is 16.3. The summed E-state index contributed by atoms with van der Waals surface area (Å²) < 4.78 is 1.97. The van der Waals surface area contributed by atoms with Gasteiger partial charge in [-0.05, 0) is 29.2 Å². The van der Waals surface area contributed by atoms with Crippen molar-refractivity contribution in [1.82, 2.24) is 9.55 Å². The Bertz CT molecular complexity index is 535. The second-order valence-corrected chi connectivity index (χ2v) is 5.37. The van der Waals surface area contributed by atoms with Crippen LogP contribution in [0.2, 0.25) is 0 Å². The second kappa shape index (κ2) is 3.91. The summed E-state index contributed by atoms with van der Waals surface area (Å²) in [5.41, 5.74) is 3.01. The number of phenols is 1. The van der Waals surface area contributed by atoms with E-state index in [1.54, 1.807) is 12.4 Å². The van der Waals surface area contributed by atoms with Gasteiger partial charge in [0.15, 0.2) is 0 Å². The van der Waals surface area contributed by atoms with E-state index in [9.17, 15) is 5.11 Å². The molecule has 0 spiro atoms. The van der Waals surface area contributed by atoms with E-state index in [2.05, 4.69) is 25.8 Å². The molecule has 0 aliphatic rings. The smallest absolute Gasteiger partial charge is 0.119 e. The topological polar surface area (TPSA) is 38.0 Å². The fraction of sp³-hybridized carbons (Fsp3) is 0.357. The van der Waals surface area contributed by atoms with Crippen LogP contribution in [-0.4, -0.2) is 14.7 Å². The van der Waals surface area contributed by atoms with Gasteiger partial charge in [0, 0.05) is 12.6 Å². The van der Waals surface area contributed by atoms with E-state index in [1.807, 2.05) is 29.9 Å². The third-order valence-corrected chi connectivity index (χ3v) is 2.92. The lowest BCUT2D eigenvalue weighted by Gasteiger charge is -2.21. The van der Waals surface area contributed by atoms with Crippen molar-refractivity contribution in [2.45, 2.75) is 26.2 Å². The summed E-state index contributed by atoms with van der Waals surface area (Å²) in [7, 11) is 1.96. The van der Waals surface area contributed by atoms with Crippen LogP contribution in [0, 0.1) is 0 Å². The van der Waals surface area contributed by atoms with E-state index in [4.69, 9.17) is 0 Å². The first-order valence-corrected chi connectivity index (χ1v) is 5.70. The Balaban J connectivity index is 2.56. The van der Waals surface area contributed by atoms with Gasteiger partial charge in [-0.25, -0.2) is 4.98 Å². The van der Waals surface area contributed by atoms with E-state index in [0.717, 1.165) is 16.8 Å². The molecule has 3 nitrogen and oxygen atoms in total. The van der Waals surface area contributed by atoms with Crippen molar-refractivity contribution >= 4 is 0 Å². The van der Waals surface area contributed by atoms with Gasteiger partial charge in [-0.3, -0.25) is 0 Å². The quantitative estimate of drug-likeness (QED) is 0.817. The Hall–Kier alpha value is -1.77. The molecular formula is C14H18N2O. The molecule has 90 valence electrons. The molecule has 0 atom stereocenters. The van der Waals surface area contributed by atoms with Crippen molar-refractivity contribution in [3.8, 4) is 17.0 Å². The Kier molecular flexibility index (Phi) is 2.69. The summed E-state index contributed by atoms with van der Waals surface area (Å²) in [6.45, 7) is 6.28. The number of aryl methyl sites for hydroxylation is 1. The van der Waals surface area contributed by atoms with E-state index in [1.165, 1.54) is 0 Å². The average molecular weight is 230 g/mol. The summed E-state index contributed by atoms with van der Waals surface area (Å²) in [6.07, 6.45) is 3.61. The zero-order valence-electron chi connectivity index (χ0n) is 10.7. The van der Waals surface area contributed by atoms with Gasteiger partial charge in [0.25, 0.3) is 0 Å². The van der Waals surface area contributed by atoms with Gasteiger partial charge >= 0.3 is 0 Å². The lowest BCUT2D eigenvalue weighted by molar-refractivity contribution is 0.447. The molecule has 1 N–H and O–H groups in total. The molecule has 0 aliphatic carbocycles. The van der Waals surface area contributed by atoms with Crippen LogP contribution in [0.5, 0.6) is 5.75 Å². The third kappa shape index (κ3) is 2.18. The maximum absolute atomic E-state index is 9.91. The number of imidazole rings is 1. The average Bonchev–Trinajstić information content (AvgIpc) is 2.63. The summed E-state index contributed by atoms with van der Waals surface area (Å²) in [4.78, 5) is 4.11. The molecule has 0 saturated carbocycles. The SMILES string of the molecule is Cn1cncc1-c1ccc(O)c(C(C)(C)C)c1. The van der Waals surface area contributed by atoms with E-state index >= 15 is 0 Å². The number of hydrogen-bond donors (Lipinski definition) is 1. The minimum atomic E-state index is -0.0707. The molecule has 1 heterocycles. The first-order valence-electron chi connectivity index (χ1n) is 5.70. The molecule has 0 bridgehead atoms. The molecule has 0 amide bonds. The van der Waals surface area contributed by atoms with Crippen LogP contribution in [-0.2, 0) is 12.5 Å². The fourth-order valence-electron chi connectivity index (χ4n) is 1.93. The van der Waals surface area contributed by atoms with Gasteiger partial charge in [0.2, 0.25) is 0 Å². The highest BCUT2D eigenvalue weighted by Crippen LogP contribution is 2.33. The third-order valence-electron chi connectivity index (χ3n) is 2.92. The van der Waals surface area contributed by atoms with E-state index < -0.39 is 0 Å². The number of aromatic hydroxyl groups is 1. The number of hydrogen-bond acceptors (Lipinski definition) is 2. The number of benzene rings is 1. The van der Waals surface area contributed by atoms with Crippen LogP contribution in [0.4, 0.5) is 0 Å². The Morgan fingerprint density at radius 1 is 1.24 bits per heavy atom. The summed E-state index contributed by atoms with van der Waals surface area (Å²) >= 11 is 0. The van der Waals surface area contributed by atoms with Gasteiger partial charge in [-0.15, -0.1) is 0 Å². The maximum atomic E-state index is 9.91. The molecule has 2 rings (SSSR count). The van der Waals surface area contributed by atoms with Gasteiger partial charge < -0.3 is 9.67 Å². The molecule has 0 saturated heterocycles. The fourth-order valence-corrected chi connectivity index (χ4v) is 1.93. The Morgan fingerprint density at radius 2 is 1.94 bits per heavy atom. The summed E-state index contributed by atoms with van der Waals surface area (Å²) in [6, 6.07) is 5.71. The van der Waals surface area contributed by atoms with Crippen molar-refractivity contribution < 1.29 is 5.11 Å². The first kappa shape index (κ1) is 11.7. The zero-order chi connectivity index (χ0) is 12.6. The summed E-state index contributed by atoms with van der Waals surface area (Å²) in [5, 5.41) is 9.91. The van der Waals surface area contributed by atoms with Crippen LogP contribution in [0.3, 0.4) is 0 Å². The predicted octanol–water partition coefficient (Wildman–Crippen LogP) is 3.09. The minimum absolute atomic E-state index is 0.0707. The molecule has 0 aliphatic heterocycles. The molecule has 1 aromatic heterocycles. The predicted molar refractivity (Wildman–Crippen MR) is 69.0 cm³/mol. The monoisotopic (exact) mass is 230 g/mol. The minimum Gasteiger partial charge on any atom is -0.508 e. The van der Waals surface area contributed by atoms with E-state index in [-0.39, 0.29) is 5.41 Å². The molecule has 0 radical (unpaired) electrons. The molecular weight excluding hydrogens is 212 g/mol. The number of rotatable bonds is 1. The Morgan fingerprint density at radius 3 is 2.47 bits per heavy atom. The van der Waals surface area contributed by atoms with Crippen molar-refractivity contribution in [3.05, 3.63) is 36.3 Å². The standard InChI is InChI=1S/C14H18N2O/c1-14(2,3)11-7-10(5-6-13(11)17)12-8-15-9-16(12)4/h5-9,17H,1-4H3. The van der Waals surface area contributed by atoms with Gasteiger partial charge in [-0.1, -0.05) is 20.8 Å². The van der Waals surface area contributed by atoms with Gasteiger partial charge in [0.1, 0.15) is 5.75 Å². The Labute approximate surface area is 102 Å². The molecule has 0 fully saturated rings. The number of nitrogens with zero attached hydrogens (tertiary/aromatic N) is 2. The molecule has 2 aromatic rings. The van der Waals surface area contributed by atoms with Crippen LogP contribution in [0.1, 0.15) is 26.3 Å². The molecule has 1 aromatic carbocycles. The largest absolute Gasteiger partial charge is 0.508 e. The normalized spacial score (nSPS) is 11.8. The van der Waals surface area contributed by atoms with Crippen molar-refractivity contribution in [2.75, 3.05) is 0 Å². The second-order valence-electron chi connectivity index (χ2n) is 5.37. The molecule has 0 unspecified atom stereocenters. The zero-order valence-corrected chi connectivity index (χ0v) is 10.7. The lowest BCUT2D eigenvalue weighted by Crippen LogP contribution is -2.11. The van der Waals surface area contributed by atoms with Crippen LogP contribution in [0.15, 0.2) is 30.7 Å².